The van der Waals surface area contributed by atoms with Crippen LogP contribution < -0.4 is 5.32 Å². The maximum atomic E-state index is 12.5. The van der Waals surface area contributed by atoms with E-state index in [1.807, 2.05) is 40.9 Å². The van der Waals surface area contributed by atoms with Crippen LogP contribution in [0.2, 0.25) is 0 Å². The SMILES string of the molecule is CC(Cn1cccn1)C(=O)N1CCC(Nc2cccnn2)CC1. The van der Waals surface area contributed by atoms with Gasteiger partial charge < -0.3 is 10.2 Å². The molecule has 1 saturated heterocycles. The Morgan fingerprint density at radius 2 is 2.17 bits per heavy atom. The first-order valence-electron chi connectivity index (χ1n) is 8.03. The fourth-order valence-corrected chi connectivity index (χ4v) is 2.91. The third-order valence-electron chi connectivity index (χ3n) is 4.17. The van der Waals surface area contributed by atoms with E-state index in [9.17, 15) is 4.79 Å². The third-order valence-corrected chi connectivity index (χ3v) is 4.17. The lowest BCUT2D eigenvalue weighted by atomic mass is 10.0. The second kappa shape index (κ2) is 7.21. The molecule has 23 heavy (non-hydrogen) atoms. The van der Waals surface area contributed by atoms with Crippen molar-refractivity contribution in [1.29, 1.82) is 0 Å². The summed E-state index contributed by atoms with van der Waals surface area (Å²) >= 11 is 0. The first-order valence-corrected chi connectivity index (χ1v) is 8.03. The van der Waals surface area contributed by atoms with Gasteiger partial charge in [-0.05, 0) is 31.0 Å². The van der Waals surface area contributed by atoms with Gasteiger partial charge in [-0.3, -0.25) is 9.48 Å². The monoisotopic (exact) mass is 314 g/mol. The highest BCUT2D eigenvalue weighted by atomic mass is 16.2. The molecule has 1 unspecified atom stereocenters. The molecule has 1 atom stereocenters. The molecule has 0 aromatic carbocycles. The lowest BCUT2D eigenvalue weighted by molar-refractivity contribution is -0.136. The molecule has 2 aromatic rings. The van der Waals surface area contributed by atoms with Gasteiger partial charge in [-0.2, -0.15) is 10.2 Å². The summed E-state index contributed by atoms with van der Waals surface area (Å²) in [6.07, 6.45) is 7.14. The highest BCUT2D eigenvalue weighted by Crippen LogP contribution is 2.17. The van der Waals surface area contributed by atoms with Gasteiger partial charge in [0.1, 0.15) is 5.82 Å². The van der Waals surface area contributed by atoms with E-state index in [2.05, 4.69) is 20.6 Å². The molecular formula is C16H22N6O. The van der Waals surface area contributed by atoms with Crippen molar-refractivity contribution in [2.45, 2.75) is 32.4 Å². The van der Waals surface area contributed by atoms with Crippen molar-refractivity contribution in [1.82, 2.24) is 24.9 Å². The van der Waals surface area contributed by atoms with E-state index in [1.165, 1.54) is 0 Å². The molecule has 1 N–H and O–H groups in total. The Balaban J connectivity index is 1.47. The van der Waals surface area contributed by atoms with Gasteiger partial charge >= 0.3 is 0 Å². The number of aromatic nitrogens is 4. The number of piperidine rings is 1. The van der Waals surface area contributed by atoms with Crippen LogP contribution in [-0.4, -0.2) is 49.9 Å². The third kappa shape index (κ3) is 4.06. The Morgan fingerprint density at radius 3 is 2.83 bits per heavy atom. The van der Waals surface area contributed by atoms with Gasteiger partial charge in [0.15, 0.2) is 0 Å². The molecule has 0 saturated carbocycles. The highest BCUT2D eigenvalue weighted by molar-refractivity contribution is 5.78. The summed E-state index contributed by atoms with van der Waals surface area (Å²) in [5, 5.41) is 15.5. The number of carbonyl (C=O) groups excluding carboxylic acids is 1. The Bertz CT molecular complexity index is 607. The highest BCUT2D eigenvalue weighted by Gasteiger charge is 2.26. The fraction of sp³-hybridized carbons (Fsp3) is 0.500. The number of nitrogens with zero attached hydrogens (tertiary/aromatic N) is 5. The van der Waals surface area contributed by atoms with E-state index in [-0.39, 0.29) is 11.8 Å². The number of hydrogen-bond acceptors (Lipinski definition) is 5. The molecule has 7 heteroatoms. The standard InChI is InChI=1S/C16H22N6O/c1-13(12-22-9-3-8-18-22)16(23)21-10-5-14(6-11-21)19-15-4-2-7-17-20-15/h2-4,7-9,13-14H,5-6,10-12H2,1H3,(H,19,20). The van der Waals surface area contributed by atoms with Crippen molar-refractivity contribution in [3.05, 3.63) is 36.8 Å². The summed E-state index contributed by atoms with van der Waals surface area (Å²) in [5.41, 5.74) is 0. The van der Waals surface area contributed by atoms with Gasteiger partial charge in [0.05, 0.1) is 12.5 Å². The van der Waals surface area contributed by atoms with E-state index >= 15 is 0 Å². The smallest absolute Gasteiger partial charge is 0.227 e. The Labute approximate surface area is 135 Å². The van der Waals surface area contributed by atoms with Crippen LogP contribution >= 0.6 is 0 Å². The zero-order chi connectivity index (χ0) is 16.1. The van der Waals surface area contributed by atoms with E-state index in [4.69, 9.17) is 0 Å². The Hall–Kier alpha value is -2.44. The zero-order valence-corrected chi connectivity index (χ0v) is 13.3. The van der Waals surface area contributed by atoms with Gasteiger partial charge in [0.2, 0.25) is 5.91 Å². The summed E-state index contributed by atoms with van der Waals surface area (Å²) in [6.45, 7) is 4.15. The molecule has 1 aliphatic heterocycles. The van der Waals surface area contributed by atoms with Gasteiger partial charge in [-0.1, -0.05) is 6.92 Å². The van der Waals surface area contributed by atoms with Gasteiger partial charge in [-0.15, -0.1) is 5.10 Å². The van der Waals surface area contributed by atoms with Crippen molar-refractivity contribution in [2.75, 3.05) is 18.4 Å². The predicted molar refractivity (Wildman–Crippen MR) is 86.6 cm³/mol. The van der Waals surface area contributed by atoms with Crippen LogP contribution in [0.15, 0.2) is 36.8 Å². The average molecular weight is 314 g/mol. The van der Waals surface area contributed by atoms with Crippen molar-refractivity contribution in [3.8, 4) is 0 Å². The maximum Gasteiger partial charge on any atom is 0.227 e. The number of anilines is 1. The summed E-state index contributed by atoms with van der Waals surface area (Å²) in [4.78, 5) is 14.5. The number of nitrogens with one attached hydrogen (secondary N) is 1. The van der Waals surface area contributed by atoms with Crippen LogP contribution in [0.1, 0.15) is 19.8 Å². The second-order valence-corrected chi connectivity index (χ2v) is 5.98. The Kier molecular flexibility index (Phi) is 4.85. The zero-order valence-electron chi connectivity index (χ0n) is 13.3. The van der Waals surface area contributed by atoms with E-state index < -0.39 is 0 Å². The summed E-state index contributed by atoms with van der Waals surface area (Å²) in [5.74, 6) is 0.946. The average Bonchev–Trinajstić information content (AvgIpc) is 3.09. The second-order valence-electron chi connectivity index (χ2n) is 5.98. The first-order chi connectivity index (χ1) is 11.2. The molecule has 2 aromatic heterocycles. The van der Waals surface area contributed by atoms with Crippen molar-refractivity contribution in [3.63, 3.8) is 0 Å². The molecule has 1 fully saturated rings. The molecule has 0 bridgehead atoms. The molecule has 3 heterocycles. The lowest BCUT2D eigenvalue weighted by Gasteiger charge is -2.34. The molecule has 122 valence electrons. The molecule has 0 radical (unpaired) electrons. The van der Waals surface area contributed by atoms with Crippen molar-refractivity contribution in [2.24, 2.45) is 5.92 Å². The number of rotatable bonds is 5. The van der Waals surface area contributed by atoms with Gasteiger partial charge in [0, 0.05) is 37.7 Å². The number of carbonyl (C=O) groups is 1. The van der Waals surface area contributed by atoms with Crippen molar-refractivity contribution < 1.29 is 4.79 Å². The Morgan fingerprint density at radius 1 is 1.35 bits per heavy atom. The minimum absolute atomic E-state index is 0.0561. The van der Waals surface area contributed by atoms with Crippen LogP contribution in [-0.2, 0) is 11.3 Å². The van der Waals surface area contributed by atoms with Crippen LogP contribution in [0, 0.1) is 5.92 Å². The number of amides is 1. The topological polar surface area (TPSA) is 75.9 Å². The van der Waals surface area contributed by atoms with Crippen LogP contribution in [0.5, 0.6) is 0 Å². The predicted octanol–water partition coefficient (Wildman–Crippen LogP) is 1.41. The molecule has 3 rings (SSSR count). The molecule has 0 spiro atoms. The minimum Gasteiger partial charge on any atom is -0.366 e. The summed E-state index contributed by atoms with van der Waals surface area (Å²) in [7, 11) is 0. The minimum atomic E-state index is -0.0561. The van der Waals surface area contributed by atoms with Crippen molar-refractivity contribution >= 4 is 11.7 Å². The molecule has 0 aliphatic carbocycles. The van der Waals surface area contributed by atoms with E-state index in [0.29, 0.717) is 12.6 Å². The molecule has 7 nitrogen and oxygen atoms in total. The van der Waals surface area contributed by atoms with E-state index in [0.717, 1.165) is 31.7 Å². The lowest BCUT2D eigenvalue weighted by Crippen LogP contribution is -2.45. The van der Waals surface area contributed by atoms with Gasteiger partial charge in [0.25, 0.3) is 0 Å². The quantitative estimate of drug-likeness (QED) is 0.903. The first kappa shape index (κ1) is 15.5. The number of likely N-dealkylation sites (tertiary alicyclic amines) is 1. The van der Waals surface area contributed by atoms with Crippen LogP contribution in [0.3, 0.4) is 0 Å². The van der Waals surface area contributed by atoms with E-state index in [1.54, 1.807) is 12.4 Å². The summed E-state index contributed by atoms with van der Waals surface area (Å²) < 4.78 is 1.81. The van der Waals surface area contributed by atoms with Crippen LogP contribution in [0.25, 0.3) is 0 Å². The normalized spacial score (nSPS) is 17.0. The summed E-state index contributed by atoms with van der Waals surface area (Å²) in [6, 6.07) is 6.00. The fourth-order valence-electron chi connectivity index (χ4n) is 2.91. The van der Waals surface area contributed by atoms with Gasteiger partial charge in [-0.25, -0.2) is 0 Å². The molecule has 1 amide bonds. The number of hydrogen-bond donors (Lipinski definition) is 1. The van der Waals surface area contributed by atoms with Crippen LogP contribution in [0.4, 0.5) is 5.82 Å². The molecular weight excluding hydrogens is 292 g/mol. The maximum absolute atomic E-state index is 12.5. The molecule has 1 aliphatic rings. The largest absolute Gasteiger partial charge is 0.366 e.